The fourth-order valence-corrected chi connectivity index (χ4v) is 2.24. The van der Waals surface area contributed by atoms with Gasteiger partial charge in [0.25, 0.3) is 0 Å². The SMILES string of the molecule is COC(OC)C(=O)C(=Cc1ccccc1)Cc1ccccc1. The Kier molecular flexibility index (Phi) is 6.07. The van der Waals surface area contributed by atoms with Crippen LogP contribution in [0.2, 0.25) is 0 Å². The minimum Gasteiger partial charge on any atom is -0.349 e. The number of rotatable bonds is 7. The number of methoxy groups -OCH3 is 2. The van der Waals surface area contributed by atoms with Gasteiger partial charge in [-0.25, -0.2) is 0 Å². The Morgan fingerprint density at radius 3 is 2.05 bits per heavy atom. The van der Waals surface area contributed by atoms with Gasteiger partial charge < -0.3 is 9.47 Å². The summed E-state index contributed by atoms with van der Waals surface area (Å²) in [5.74, 6) is -0.155. The maximum Gasteiger partial charge on any atom is 0.221 e. The Morgan fingerprint density at radius 2 is 1.50 bits per heavy atom. The Morgan fingerprint density at radius 1 is 0.955 bits per heavy atom. The summed E-state index contributed by atoms with van der Waals surface area (Å²) in [5, 5.41) is 0. The summed E-state index contributed by atoms with van der Waals surface area (Å²) < 4.78 is 10.2. The summed E-state index contributed by atoms with van der Waals surface area (Å²) in [4.78, 5) is 12.6. The van der Waals surface area contributed by atoms with Gasteiger partial charge in [0.05, 0.1) is 0 Å². The van der Waals surface area contributed by atoms with Crippen LogP contribution in [0.4, 0.5) is 0 Å². The van der Waals surface area contributed by atoms with Gasteiger partial charge >= 0.3 is 0 Å². The predicted molar refractivity (Wildman–Crippen MR) is 87.4 cm³/mol. The molecule has 0 saturated heterocycles. The van der Waals surface area contributed by atoms with E-state index in [1.807, 2.05) is 66.7 Å². The summed E-state index contributed by atoms with van der Waals surface area (Å²) in [6, 6.07) is 19.7. The molecular weight excluding hydrogens is 276 g/mol. The first-order chi connectivity index (χ1) is 10.7. The quantitative estimate of drug-likeness (QED) is 0.579. The van der Waals surface area contributed by atoms with E-state index in [1.165, 1.54) is 14.2 Å². The number of hydrogen-bond acceptors (Lipinski definition) is 3. The van der Waals surface area contributed by atoms with Gasteiger partial charge in [-0.15, -0.1) is 0 Å². The summed E-state index contributed by atoms with van der Waals surface area (Å²) >= 11 is 0. The van der Waals surface area contributed by atoms with Gasteiger partial charge in [0, 0.05) is 26.2 Å². The molecule has 114 valence electrons. The highest BCUT2D eigenvalue weighted by atomic mass is 16.7. The molecule has 0 atom stereocenters. The average molecular weight is 296 g/mol. The van der Waals surface area contributed by atoms with Crippen molar-refractivity contribution in [2.75, 3.05) is 14.2 Å². The first-order valence-corrected chi connectivity index (χ1v) is 7.14. The summed E-state index contributed by atoms with van der Waals surface area (Å²) in [5.41, 5.74) is 2.71. The van der Waals surface area contributed by atoms with E-state index in [4.69, 9.17) is 9.47 Å². The van der Waals surface area contributed by atoms with E-state index in [-0.39, 0.29) is 5.78 Å². The van der Waals surface area contributed by atoms with Crippen molar-refractivity contribution in [3.63, 3.8) is 0 Å². The molecule has 0 spiro atoms. The molecule has 0 aliphatic rings. The average Bonchev–Trinajstić information content (AvgIpc) is 2.57. The second-order valence-electron chi connectivity index (χ2n) is 4.91. The lowest BCUT2D eigenvalue weighted by Gasteiger charge is -2.15. The monoisotopic (exact) mass is 296 g/mol. The number of Topliss-reactive ketones (excluding diaryl/α,β-unsaturated/α-hetero) is 1. The Bertz CT molecular complexity index is 614. The topological polar surface area (TPSA) is 35.5 Å². The fourth-order valence-electron chi connectivity index (χ4n) is 2.24. The molecule has 0 heterocycles. The second-order valence-corrected chi connectivity index (χ2v) is 4.91. The molecule has 0 bridgehead atoms. The third-order valence-electron chi connectivity index (χ3n) is 3.34. The normalized spacial score (nSPS) is 11.7. The zero-order valence-electron chi connectivity index (χ0n) is 12.9. The summed E-state index contributed by atoms with van der Waals surface area (Å²) in [6.07, 6.45) is 1.55. The number of ketones is 1. The predicted octanol–water partition coefficient (Wildman–Crippen LogP) is 3.50. The van der Waals surface area contributed by atoms with Crippen LogP contribution in [0.3, 0.4) is 0 Å². The summed E-state index contributed by atoms with van der Waals surface area (Å²) in [6.45, 7) is 0. The van der Waals surface area contributed by atoms with E-state index < -0.39 is 6.29 Å². The van der Waals surface area contributed by atoms with Crippen molar-refractivity contribution in [1.29, 1.82) is 0 Å². The van der Waals surface area contributed by atoms with Gasteiger partial charge in [-0.2, -0.15) is 0 Å². The summed E-state index contributed by atoms with van der Waals surface area (Å²) in [7, 11) is 2.93. The van der Waals surface area contributed by atoms with Crippen LogP contribution in [0.15, 0.2) is 66.2 Å². The van der Waals surface area contributed by atoms with Crippen molar-refractivity contribution in [3.05, 3.63) is 77.4 Å². The Balaban J connectivity index is 2.32. The van der Waals surface area contributed by atoms with Crippen molar-refractivity contribution < 1.29 is 14.3 Å². The smallest absolute Gasteiger partial charge is 0.221 e. The number of hydrogen-bond donors (Lipinski definition) is 0. The van der Waals surface area contributed by atoms with Crippen molar-refractivity contribution in [2.24, 2.45) is 0 Å². The molecule has 0 aliphatic heterocycles. The molecule has 3 heteroatoms. The standard InChI is InChI=1S/C19H20O3/c1-21-19(22-2)18(20)17(13-15-9-5-3-6-10-15)14-16-11-7-4-8-12-16/h3-13,19H,14H2,1-2H3. The van der Waals surface area contributed by atoms with E-state index in [9.17, 15) is 4.79 Å². The van der Waals surface area contributed by atoms with Gasteiger partial charge in [-0.3, -0.25) is 4.79 Å². The van der Waals surface area contributed by atoms with Crippen LogP contribution in [0, 0.1) is 0 Å². The second kappa shape index (κ2) is 8.27. The zero-order chi connectivity index (χ0) is 15.8. The van der Waals surface area contributed by atoms with Gasteiger partial charge in [0.2, 0.25) is 12.1 Å². The highest BCUT2D eigenvalue weighted by Crippen LogP contribution is 2.16. The van der Waals surface area contributed by atoms with Gasteiger partial charge in [0.1, 0.15) is 0 Å². The lowest BCUT2D eigenvalue weighted by molar-refractivity contribution is -0.152. The number of carbonyl (C=O) groups excluding carboxylic acids is 1. The first-order valence-electron chi connectivity index (χ1n) is 7.14. The number of carbonyl (C=O) groups is 1. The molecule has 0 aliphatic carbocycles. The first kappa shape index (κ1) is 16.1. The molecule has 2 aromatic carbocycles. The molecule has 0 unspecified atom stereocenters. The Labute approximate surface area is 131 Å². The molecule has 0 N–H and O–H groups in total. The zero-order valence-corrected chi connectivity index (χ0v) is 12.9. The van der Waals surface area contributed by atoms with E-state index in [1.54, 1.807) is 0 Å². The van der Waals surface area contributed by atoms with Crippen LogP contribution >= 0.6 is 0 Å². The number of benzene rings is 2. The van der Waals surface area contributed by atoms with E-state index in [0.717, 1.165) is 11.1 Å². The van der Waals surface area contributed by atoms with Crippen LogP contribution in [0.1, 0.15) is 11.1 Å². The van der Waals surface area contributed by atoms with E-state index in [2.05, 4.69) is 0 Å². The highest BCUT2D eigenvalue weighted by molar-refractivity contribution is 6.02. The van der Waals surface area contributed by atoms with Crippen molar-refractivity contribution in [3.8, 4) is 0 Å². The third kappa shape index (κ3) is 4.38. The van der Waals surface area contributed by atoms with Crippen LogP contribution in [0.5, 0.6) is 0 Å². The third-order valence-corrected chi connectivity index (χ3v) is 3.34. The van der Waals surface area contributed by atoms with Crippen LogP contribution in [0.25, 0.3) is 6.08 Å². The minimum absolute atomic E-state index is 0.155. The molecule has 0 radical (unpaired) electrons. The lowest BCUT2D eigenvalue weighted by Crippen LogP contribution is -2.27. The molecule has 0 amide bonds. The molecular formula is C19H20O3. The van der Waals surface area contributed by atoms with Gasteiger partial charge in [-0.05, 0) is 17.2 Å². The van der Waals surface area contributed by atoms with Crippen molar-refractivity contribution in [1.82, 2.24) is 0 Å². The minimum atomic E-state index is -0.876. The fraction of sp³-hybridized carbons (Fsp3) is 0.211. The van der Waals surface area contributed by atoms with Crippen molar-refractivity contribution in [2.45, 2.75) is 12.7 Å². The van der Waals surface area contributed by atoms with E-state index in [0.29, 0.717) is 12.0 Å². The molecule has 0 saturated carbocycles. The van der Waals surface area contributed by atoms with Crippen molar-refractivity contribution >= 4 is 11.9 Å². The van der Waals surface area contributed by atoms with Crippen LogP contribution < -0.4 is 0 Å². The highest BCUT2D eigenvalue weighted by Gasteiger charge is 2.21. The van der Waals surface area contributed by atoms with Crippen LogP contribution in [-0.4, -0.2) is 26.3 Å². The van der Waals surface area contributed by atoms with Gasteiger partial charge in [-0.1, -0.05) is 60.7 Å². The molecule has 0 aromatic heterocycles. The maximum absolute atomic E-state index is 12.6. The molecule has 0 fully saturated rings. The van der Waals surface area contributed by atoms with Gasteiger partial charge in [0.15, 0.2) is 0 Å². The molecule has 2 aromatic rings. The largest absolute Gasteiger partial charge is 0.349 e. The molecule has 2 rings (SSSR count). The van der Waals surface area contributed by atoms with Crippen LogP contribution in [-0.2, 0) is 20.7 Å². The Hall–Kier alpha value is -2.23. The molecule has 22 heavy (non-hydrogen) atoms. The maximum atomic E-state index is 12.6. The van der Waals surface area contributed by atoms with E-state index >= 15 is 0 Å². The number of ether oxygens (including phenoxy) is 2. The lowest BCUT2D eigenvalue weighted by atomic mass is 9.98. The molecule has 3 nitrogen and oxygen atoms in total.